The molecule has 0 unspecified atom stereocenters. The van der Waals surface area contributed by atoms with Crippen LogP contribution < -0.4 is 10.6 Å². The first-order chi connectivity index (χ1) is 10.6. The van der Waals surface area contributed by atoms with Gasteiger partial charge in [-0.2, -0.15) is 0 Å². The highest BCUT2D eigenvalue weighted by molar-refractivity contribution is 5.98. The Morgan fingerprint density at radius 2 is 1.96 bits per heavy atom. The molecule has 1 aliphatic rings. The average Bonchev–Trinajstić information content (AvgIpc) is 2.57. The minimum Gasteiger partial charge on any atom is -0.444 e. The first kappa shape index (κ1) is 19.3. The van der Waals surface area contributed by atoms with Gasteiger partial charge in [0.2, 0.25) is 0 Å². The van der Waals surface area contributed by atoms with Crippen molar-refractivity contribution in [3.05, 3.63) is 0 Å². The lowest BCUT2D eigenvalue weighted by Crippen LogP contribution is -2.53. The van der Waals surface area contributed by atoms with Crippen LogP contribution in [0, 0.1) is 5.92 Å². The van der Waals surface area contributed by atoms with E-state index in [4.69, 9.17) is 4.74 Å². The maximum absolute atomic E-state index is 12.5. The van der Waals surface area contributed by atoms with Gasteiger partial charge in [0.15, 0.2) is 0 Å². The van der Waals surface area contributed by atoms with Crippen molar-refractivity contribution in [2.24, 2.45) is 5.92 Å². The van der Waals surface area contributed by atoms with E-state index in [1.165, 1.54) is 4.90 Å². The third-order valence-electron chi connectivity index (χ3n) is 3.29. The molecule has 1 atom stereocenters. The molecule has 2 N–H and O–H groups in total. The van der Waals surface area contributed by atoms with Crippen molar-refractivity contribution in [3.8, 4) is 0 Å². The van der Waals surface area contributed by atoms with Gasteiger partial charge in [-0.25, -0.2) is 9.59 Å². The van der Waals surface area contributed by atoms with Crippen LogP contribution in [0.5, 0.6) is 0 Å². The van der Waals surface area contributed by atoms with Gasteiger partial charge in [0.1, 0.15) is 11.6 Å². The number of carbonyl (C=O) groups is 3. The zero-order valence-corrected chi connectivity index (χ0v) is 14.8. The number of urea groups is 1. The van der Waals surface area contributed by atoms with E-state index in [2.05, 4.69) is 10.6 Å². The summed E-state index contributed by atoms with van der Waals surface area (Å²) in [5.41, 5.74) is -0.633. The van der Waals surface area contributed by atoms with Crippen LogP contribution in [0.15, 0.2) is 0 Å². The fourth-order valence-electron chi connectivity index (χ4n) is 2.21. The van der Waals surface area contributed by atoms with Crippen LogP contribution in [0.3, 0.4) is 0 Å². The van der Waals surface area contributed by atoms with Crippen molar-refractivity contribution in [1.29, 1.82) is 0 Å². The van der Waals surface area contributed by atoms with E-state index in [0.717, 1.165) is 12.8 Å². The molecule has 0 spiro atoms. The van der Waals surface area contributed by atoms with Crippen molar-refractivity contribution >= 4 is 18.0 Å². The minimum absolute atomic E-state index is 0.303. The fraction of sp³-hybridized carbons (Fsp3) is 0.812. The molecule has 0 aromatic rings. The first-order valence-electron chi connectivity index (χ1n) is 8.19. The van der Waals surface area contributed by atoms with Gasteiger partial charge in [0.05, 0.1) is 0 Å². The summed E-state index contributed by atoms with van der Waals surface area (Å²) in [6.07, 6.45) is 1.36. The molecule has 132 valence electrons. The molecule has 0 aromatic carbocycles. The number of nitrogens with one attached hydrogen (secondary N) is 2. The van der Waals surface area contributed by atoms with E-state index in [9.17, 15) is 14.4 Å². The summed E-state index contributed by atoms with van der Waals surface area (Å²) in [5, 5.41) is 5.33. The summed E-state index contributed by atoms with van der Waals surface area (Å²) in [7, 11) is 0. The number of imide groups is 1. The van der Waals surface area contributed by atoms with Crippen LogP contribution in [0.1, 0.15) is 53.9 Å². The lowest BCUT2D eigenvalue weighted by atomic mass is 10.1. The largest absolute Gasteiger partial charge is 0.444 e. The van der Waals surface area contributed by atoms with Crippen molar-refractivity contribution in [3.63, 3.8) is 0 Å². The molecule has 7 nitrogen and oxygen atoms in total. The molecule has 0 bridgehead atoms. The fourth-order valence-corrected chi connectivity index (χ4v) is 2.21. The molecule has 7 heteroatoms. The third kappa shape index (κ3) is 6.88. The number of carbonyl (C=O) groups excluding carboxylic acids is 3. The normalized spacial score (nSPS) is 19.3. The van der Waals surface area contributed by atoms with Gasteiger partial charge in [-0.05, 0) is 46.0 Å². The molecule has 1 saturated heterocycles. The molecule has 1 heterocycles. The number of hydrogen-bond acceptors (Lipinski definition) is 4. The van der Waals surface area contributed by atoms with Crippen LogP contribution in [-0.4, -0.2) is 47.7 Å². The van der Waals surface area contributed by atoms with Gasteiger partial charge < -0.3 is 15.4 Å². The molecular formula is C16H29N3O4. The highest BCUT2D eigenvalue weighted by atomic mass is 16.6. The number of likely N-dealkylation sites (tertiary alicyclic amines) is 1. The van der Waals surface area contributed by atoms with E-state index in [-0.39, 0.29) is 5.91 Å². The zero-order chi connectivity index (χ0) is 17.6. The Labute approximate surface area is 138 Å². The van der Waals surface area contributed by atoms with E-state index in [0.29, 0.717) is 25.4 Å². The molecule has 1 fully saturated rings. The van der Waals surface area contributed by atoms with Gasteiger partial charge in [-0.1, -0.05) is 13.8 Å². The number of amides is 4. The maximum atomic E-state index is 12.5. The Balaban J connectivity index is 2.68. The van der Waals surface area contributed by atoms with E-state index in [1.54, 1.807) is 20.8 Å². The Hall–Kier alpha value is -1.79. The predicted molar refractivity (Wildman–Crippen MR) is 87.0 cm³/mol. The van der Waals surface area contributed by atoms with Gasteiger partial charge in [-0.15, -0.1) is 0 Å². The van der Waals surface area contributed by atoms with Crippen molar-refractivity contribution in [1.82, 2.24) is 15.5 Å². The summed E-state index contributed by atoms with van der Waals surface area (Å²) in [4.78, 5) is 37.8. The number of nitrogens with zero attached hydrogens (tertiary/aromatic N) is 1. The summed E-state index contributed by atoms with van der Waals surface area (Å²) in [5.74, 6) is -0.0775. The lowest BCUT2D eigenvalue weighted by molar-refractivity contribution is -0.130. The second-order valence-corrected chi connectivity index (χ2v) is 7.26. The highest BCUT2D eigenvalue weighted by Gasteiger charge is 2.33. The lowest BCUT2D eigenvalue weighted by Gasteiger charge is -2.25. The van der Waals surface area contributed by atoms with Gasteiger partial charge in [0, 0.05) is 13.1 Å². The second kappa shape index (κ2) is 8.17. The van der Waals surface area contributed by atoms with Gasteiger partial charge in [0.25, 0.3) is 5.91 Å². The molecule has 0 radical (unpaired) electrons. The molecule has 0 aromatic heterocycles. The van der Waals surface area contributed by atoms with Crippen LogP contribution >= 0.6 is 0 Å². The molecule has 0 saturated carbocycles. The maximum Gasteiger partial charge on any atom is 0.408 e. The molecular weight excluding hydrogens is 298 g/mol. The molecule has 23 heavy (non-hydrogen) atoms. The summed E-state index contributed by atoms with van der Waals surface area (Å²) < 4.78 is 5.18. The monoisotopic (exact) mass is 327 g/mol. The van der Waals surface area contributed by atoms with E-state index >= 15 is 0 Å². The molecule has 0 aliphatic carbocycles. The topological polar surface area (TPSA) is 87.7 Å². The van der Waals surface area contributed by atoms with Crippen molar-refractivity contribution in [2.45, 2.75) is 65.5 Å². The third-order valence-corrected chi connectivity index (χ3v) is 3.29. The quantitative estimate of drug-likeness (QED) is 0.832. The summed E-state index contributed by atoms with van der Waals surface area (Å²) >= 11 is 0. The Morgan fingerprint density at radius 1 is 1.30 bits per heavy atom. The van der Waals surface area contributed by atoms with E-state index < -0.39 is 23.8 Å². The van der Waals surface area contributed by atoms with Crippen LogP contribution in [0.25, 0.3) is 0 Å². The van der Waals surface area contributed by atoms with Crippen molar-refractivity contribution in [2.75, 3.05) is 13.1 Å². The predicted octanol–water partition coefficient (Wildman–Crippen LogP) is 2.26. The number of rotatable bonds is 3. The molecule has 4 amide bonds. The van der Waals surface area contributed by atoms with Gasteiger partial charge >= 0.3 is 12.1 Å². The number of ether oxygens (including phenoxy) is 1. The highest BCUT2D eigenvalue weighted by Crippen LogP contribution is 2.14. The minimum atomic E-state index is -0.725. The smallest absolute Gasteiger partial charge is 0.408 e. The van der Waals surface area contributed by atoms with Crippen LogP contribution in [0.4, 0.5) is 9.59 Å². The van der Waals surface area contributed by atoms with Gasteiger partial charge in [-0.3, -0.25) is 9.69 Å². The van der Waals surface area contributed by atoms with Crippen LogP contribution in [-0.2, 0) is 9.53 Å². The average molecular weight is 327 g/mol. The molecule has 1 aliphatic heterocycles. The van der Waals surface area contributed by atoms with Crippen molar-refractivity contribution < 1.29 is 19.1 Å². The summed E-state index contributed by atoms with van der Waals surface area (Å²) in [6, 6.07) is -1.13. The Kier molecular flexibility index (Phi) is 6.84. The van der Waals surface area contributed by atoms with Crippen LogP contribution in [0.2, 0.25) is 0 Å². The summed E-state index contributed by atoms with van der Waals surface area (Å²) in [6.45, 7) is 10.1. The SMILES string of the molecule is CC(C)CNC(=O)N1CCCC[C@H](NC(=O)OC(C)(C)C)C1=O. The standard InChI is InChI=1S/C16H29N3O4/c1-11(2)10-17-14(21)19-9-7-6-8-12(13(19)20)18-15(22)23-16(3,4)5/h11-12H,6-10H2,1-5H3,(H,17,21)(H,18,22)/t12-/m0/s1. The van der Waals surface area contributed by atoms with E-state index in [1.807, 2.05) is 13.8 Å². The number of alkyl carbamates (subject to hydrolysis) is 1. The Morgan fingerprint density at radius 3 is 2.52 bits per heavy atom. The first-order valence-corrected chi connectivity index (χ1v) is 8.19. The molecule has 1 rings (SSSR count). The Bertz CT molecular complexity index is 443. The zero-order valence-electron chi connectivity index (χ0n) is 14.8. The number of hydrogen-bond donors (Lipinski definition) is 2. The second-order valence-electron chi connectivity index (χ2n) is 7.26.